The fourth-order valence-corrected chi connectivity index (χ4v) is 3.26. The van der Waals surface area contributed by atoms with Crippen LogP contribution in [0, 0.1) is 5.41 Å². The van der Waals surface area contributed by atoms with E-state index in [2.05, 4.69) is 24.1 Å². The van der Waals surface area contributed by atoms with Gasteiger partial charge in [0.15, 0.2) is 0 Å². The van der Waals surface area contributed by atoms with Crippen molar-refractivity contribution in [1.29, 1.82) is 0 Å². The number of nitrogens with zero attached hydrogens (tertiary/aromatic N) is 1. The van der Waals surface area contributed by atoms with Gasteiger partial charge in [-0.3, -0.25) is 4.90 Å². The number of rotatable bonds is 2. The lowest BCUT2D eigenvalue weighted by Gasteiger charge is -2.41. The van der Waals surface area contributed by atoms with E-state index in [4.69, 9.17) is 0 Å². The largest absolute Gasteiger partial charge is 0.312 e. The molecule has 2 nitrogen and oxygen atoms in total. The van der Waals surface area contributed by atoms with E-state index in [9.17, 15) is 0 Å². The SMILES string of the molecule is CC1CN(CC2(C)CCCCC2)CCN1. The molecule has 1 N–H and O–H groups in total. The van der Waals surface area contributed by atoms with Crippen molar-refractivity contribution in [1.82, 2.24) is 10.2 Å². The number of hydrogen-bond donors (Lipinski definition) is 1. The van der Waals surface area contributed by atoms with Crippen molar-refractivity contribution in [2.45, 2.75) is 52.0 Å². The van der Waals surface area contributed by atoms with Gasteiger partial charge in [0, 0.05) is 32.2 Å². The summed E-state index contributed by atoms with van der Waals surface area (Å²) >= 11 is 0. The zero-order valence-corrected chi connectivity index (χ0v) is 10.4. The Hall–Kier alpha value is -0.0800. The Labute approximate surface area is 94.4 Å². The molecule has 0 aromatic heterocycles. The molecule has 1 aliphatic heterocycles. The highest BCUT2D eigenvalue weighted by atomic mass is 15.2. The quantitative estimate of drug-likeness (QED) is 0.752. The molecule has 1 aliphatic carbocycles. The Balaban J connectivity index is 1.83. The van der Waals surface area contributed by atoms with Gasteiger partial charge in [0.05, 0.1) is 0 Å². The monoisotopic (exact) mass is 210 g/mol. The van der Waals surface area contributed by atoms with Gasteiger partial charge in [-0.05, 0) is 25.2 Å². The van der Waals surface area contributed by atoms with Gasteiger partial charge in [0.1, 0.15) is 0 Å². The van der Waals surface area contributed by atoms with Crippen LogP contribution in [-0.4, -0.2) is 37.1 Å². The summed E-state index contributed by atoms with van der Waals surface area (Å²) in [6.07, 6.45) is 7.28. The van der Waals surface area contributed by atoms with E-state index in [1.54, 1.807) is 0 Å². The molecule has 1 unspecified atom stereocenters. The molecular formula is C13H26N2. The van der Waals surface area contributed by atoms with Gasteiger partial charge in [-0.15, -0.1) is 0 Å². The van der Waals surface area contributed by atoms with Crippen LogP contribution in [0.5, 0.6) is 0 Å². The summed E-state index contributed by atoms with van der Waals surface area (Å²) in [5, 5.41) is 3.52. The van der Waals surface area contributed by atoms with Gasteiger partial charge in [-0.25, -0.2) is 0 Å². The fraction of sp³-hybridized carbons (Fsp3) is 1.00. The van der Waals surface area contributed by atoms with E-state index in [1.165, 1.54) is 58.3 Å². The summed E-state index contributed by atoms with van der Waals surface area (Å²) in [6, 6.07) is 0.686. The summed E-state index contributed by atoms with van der Waals surface area (Å²) in [7, 11) is 0. The third kappa shape index (κ3) is 3.18. The number of nitrogens with one attached hydrogen (secondary N) is 1. The molecular weight excluding hydrogens is 184 g/mol. The van der Waals surface area contributed by atoms with Crippen molar-refractivity contribution < 1.29 is 0 Å². The molecule has 1 heterocycles. The molecule has 2 rings (SSSR count). The third-order valence-corrected chi connectivity index (χ3v) is 4.12. The second-order valence-corrected chi connectivity index (χ2v) is 5.96. The Bertz CT molecular complexity index is 197. The zero-order chi connectivity index (χ0) is 10.7. The first-order chi connectivity index (χ1) is 7.18. The average molecular weight is 210 g/mol. The van der Waals surface area contributed by atoms with Crippen LogP contribution in [-0.2, 0) is 0 Å². The van der Waals surface area contributed by atoms with Gasteiger partial charge in [0.2, 0.25) is 0 Å². The molecule has 1 atom stereocenters. The first-order valence-electron chi connectivity index (χ1n) is 6.64. The van der Waals surface area contributed by atoms with E-state index in [0.717, 1.165) is 0 Å². The van der Waals surface area contributed by atoms with E-state index in [0.29, 0.717) is 11.5 Å². The van der Waals surface area contributed by atoms with Crippen molar-refractivity contribution in [2.75, 3.05) is 26.2 Å². The van der Waals surface area contributed by atoms with E-state index in [1.807, 2.05) is 0 Å². The fourth-order valence-electron chi connectivity index (χ4n) is 3.26. The Kier molecular flexibility index (Phi) is 3.68. The van der Waals surface area contributed by atoms with Crippen LogP contribution in [0.4, 0.5) is 0 Å². The highest BCUT2D eigenvalue weighted by Gasteiger charge is 2.30. The minimum Gasteiger partial charge on any atom is -0.312 e. The van der Waals surface area contributed by atoms with Crippen LogP contribution in [0.25, 0.3) is 0 Å². The number of hydrogen-bond acceptors (Lipinski definition) is 2. The molecule has 2 aliphatic rings. The van der Waals surface area contributed by atoms with Crippen LogP contribution in [0.2, 0.25) is 0 Å². The maximum absolute atomic E-state index is 3.52. The summed E-state index contributed by atoms with van der Waals surface area (Å²) < 4.78 is 0. The van der Waals surface area contributed by atoms with Crippen molar-refractivity contribution in [3.8, 4) is 0 Å². The Morgan fingerprint density at radius 1 is 1.27 bits per heavy atom. The van der Waals surface area contributed by atoms with Crippen molar-refractivity contribution in [3.05, 3.63) is 0 Å². The Morgan fingerprint density at radius 3 is 2.67 bits per heavy atom. The van der Waals surface area contributed by atoms with Gasteiger partial charge < -0.3 is 5.32 Å². The normalized spacial score (nSPS) is 32.8. The van der Waals surface area contributed by atoms with Crippen molar-refractivity contribution in [3.63, 3.8) is 0 Å². The highest BCUT2D eigenvalue weighted by molar-refractivity contribution is 4.85. The highest BCUT2D eigenvalue weighted by Crippen LogP contribution is 2.36. The molecule has 0 bridgehead atoms. The zero-order valence-electron chi connectivity index (χ0n) is 10.4. The average Bonchev–Trinajstić information content (AvgIpc) is 2.18. The number of piperazine rings is 1. The predicted molar refractivity (Wildman–Crippen MR) is 65.1 cm³/mol. The van der Waals surface area contributed by atoms with Gasteiger partial charge in [-0.2, -0.15) is 0 Å². The molecule has 15 heavy (non-hydrogen) atoms. The summed E-state index contributed by atoms with van der Waals surface area (Å²) in [5.41, 5.74) is 0.620. The minimum atomic E-state index is 0.620. The third-order valence-electron chi connectivity index (χ3n) is 4.12. The summed E-state index contributed by atoms with van der Waals surface area (Å²) in [6.45, 7) is 9.81. The summed E-state index contributed by atoms with van der Waals surface area (Å²) in [5.74, 6) is 0. The minimum absolute atomic E-state index is 0.620. The first-order valence-corrected chi connectivity index (χ1v) is 6.64. The summed E-state index contributed by atoms with van der Waals surface area (Å²) in [4.78, 5) is 2.67. The molecule has 2 fully saturated rings. The lowest BCUT2D eigenvalue weighted by molar-refractivity contribution is 0.1000. The van der Waals surface area contributed by atoms with Crippen molar-refractivity contribution >= 4 is 0 Å². The van der Waals surface area contributed by atoms with Gasteiger partial charge in [-0.1, -0.05) is 26.2 Å². The van der Waals surface area contributed by atoms with Crippen LogP contribution in [0.1, 0.15) is 46.0 Å². The smallest absolute Gasteiger partial charge is 0.0167 e. The van der Waals surface area contributed by atoms with Gasteiger partial charge >= 0.3 is 0 Å². The molecule has 0 radical (unpaired) electrons. The van der Waals surface area contributed by atoms with E-state index in [-0.39, 0.29) is 0 Å². The molecule has 0 amide bonds. The topological polar surface area (TPSA) is 15.3 Å². The van der Waals surface area contributed by atoms with Crippen LogP contribution >= 0.6 is 0 Å². The molecule has 88 valence electrons. The molecule has 0 aromatic rings. The molecule has 0 spiro atoms. The lowest BCUT2D eigenvalue weighted by Crippen LogP contribution is -2.52. The van der Waals surface area contributed by atoms with E-state index >= 15 is 0 Å². The maximum Gasteiger partial charge on any atom is 0.0167 e. The molecule has 1 saturated heterocycles. The molecule has 0 aromatic carbocycles. The van der Waals surface area contributed by atoms with E-state index < -0.39 is 0 Å². The predicted octanol–water partition coefficient (Wildman–Crippen LogP) is 2.25. The second kappa shape index (κ2) is 4.84. The second-order valence-electron chi connectivity index (χ2n) is 5.96. The van der Waals surface area contributed by atoms with Gasteiger partial charge in [0.25, 0.3) is 0 Å². The van der Waals surface area contributed by atoms with Crippen LogP contribution < -0.4 is 5.32 Å². The Morgan fingerprint density at radius 2 is 2.00 bits per heavy atom. The molecule has 1 saturated carbocycles. The maximum atomic E-state index is 3.52. The standard InChI is InChI=1S/C13H26N2/c1-12-10-15(9-8-14-12)11-13(2)6-4-3-5-7-13/h12,14H,3-11H2,1-2H3. The molecule has 2 heteroatoms. The van der Waals surface area contributed by atoms with Crippen LogP contribution in [0.3, 0.4) is 0 Å². The lowest BCUT2D eigenvalue weighted by atomic mass is 9.75. The van der Waals surface area contributed by atoms with Crippen molar-refractivity contribution in [2.24, 2.45) is 5.41 Å². The van der Waals surface area contributed by atoms with Crippen LogP contribution in [0.15, 0.2) is 0 Å². The first kappa shape index (κ1) is 11.4.